The molecule has 0 spiro atoms. The number of halogens is 1. The average Bonchev–Trinajstić information content (AvgIpc) is 2.35. The van der Waals surface area contributed by atoms with E-state index in [-0.39, 0.29) is 17.5 Å². The van der Waals surface area contributed by atoms with Crippen LogP contribution in [0.25, 0.3) is 0 Å². The van der Waals surface area contributed by atoms with E-state index in [1.165, 1.54) is 25.6 Å². The summed E-state index contributed by atoms with van der Waals surface area (Å²) in [6.45, 7) is 1.12. The fourth-order valence-corrected chi connectivity index (χ4v) is 3.33. The molecule has 6 nitrogen and oxygen atoms in total. The molecular formula is C12H17FN2O4S. The monoisotopic (exact) mass is 304 g/mol. The predicted molar refractivity (Wildman–Crippen MR) is 71.1 cm³/mol. The van der Waals surface area contributed by atoms with E-state index in [4.69, 9.17) is 9.47 Å². The van der Waals surface area contributed by atoms with Gasteiger partial charge in [0.2, 0.25) is 10.0 Å². The maximum Gasteiger partial charge on any atom is 0.246 e. The average molecular weight is 304 g/mol. The van der Waals surface area contributed by atoms with E-state index in [1.54, 1.807) is 0 Å². The first kappa shape index (κ1) is 15.0. The van der Waals surface area contributed by atoms with Crippen molar-refractivity contribution in [2.45, 2.75) is 10.9 Å². The van der Waals surface area contributed by atoms with Crippen molar-refractivity contribution < 1.29 is 22.3 Å². The number of hydrogen-bond acceptors (Lipinski definition) is 5. The molecule has 0 unspecified atom stereocenters. The van der Waals surface area contributed by atoms with Crippen LogP contribution >= 0.6 is 0 Å². The second-order valence-corrected chi connectivity index (χ2v) is 6.44. The summed E-state index contributed by atoms with van der Waals surface area (Å²) in [6.07, 6.45) is 0. The van der Waals surface area contributed by atoms with E-state index in [1.807, 2.05) is 0 Å². The molecule has 2 rings (SSSR count). The third-order valence-corrected chi connectivity index (χ3v) is 5.29. The number of nitrogens with zero attached hydrogens (tertiary/aromatic N) is 1. The summed E-state index contributed by atoms with van der Waals surface area (Å²) in [5.74, 6) is -0.536. The van der Waals surface area contributed by atoms with Gasteiger partial charge in [-0.15, -0.1) is 0 Å². The fraction of sp³-hybridized carbons (Fsp3) is 0.500. The Hall–Kier alpha value is -1.38. The Kier molecular flexibility index (Phi) is 4.17. The fourth-order valence-electron chi connectivity index (χ4n) is 1.92. The van der Waals surface area contributed by atoms with Crippen molar-refractivity contribution in [1.29, 1.82) is 0 Å². The number of methoxy groups -OCH3 is 2. The molecule has 0 bridgehead atoms. The Bertz CT molecular complexity index is 602. The van der Waals surface area contributed by atoms with E-state index < -0.39 is 20.7 Å². The van der Waals surface area contributed by atoms with Crippen LogP contribution < -0.4 is 14.8 Å². The lowest BCUT2D eigenvalue weighted by atomic mass is 10.2. The van der Waals surface area contributed by atoms with E-state index in [0.717, 1.165) is 12.1 Å². The van der Waals surface area contributed by atoms with Crippen LogP contribution in [-0.4, -0.2) is 53.1 Å². The number of nitrogens with one attached hydrogen (secondary N) is 1. The first-order valence-corrected chi connectivity index (χ1v) is 7.46. The Morgan fingerprint density at radius 3 is 2.25 bits per heavy atom. The van der Waals surface area contributed by atoms with Gasteiger partial charge < -0.3 is 14.8 Å². The van der Waals surface area contributed by atoms with E-state index in [0.29, 0.717) is 13.1 Å². The molecule has 1 aliphatic rings. The van der Waals surface area contributed by atoms with Gasteiger partial charge in [-0.25, -0.2) is 12.8 Å². The Morgan fingerprint density at radius 2 is 1.80 bits per heavy atom. The zero-order valence-electron chi connectivity index (χ0n) is 11.5. The van der Waals surface area contributed by atoms with Gasteiger partial charge in [0.05, 0.1) is 14.2 Å². The van der Waals surface area contributed by atoms with E-state index in [9.17, 15) is 12.8 Å². The van der Waals surface area contributed by atoms with Gasteiger partial charge in [0.25, 0.3) is 0 Å². The summed E-state index contributed by atoms with van der Waals surface area (Å²) in [6, 6.07) is 2.00. The third kappa shape index (κ3) is 2.46. The summed E-state index contributed by atoms with van der Waals surface area (Å²) < 4.78 is 50.0. The quantitative estimate of drug-likeness (QED) is 0.855. The molecule has 112 valence electrons. The van der Waals surface area contributed by atoms with Gasteiger partial charge in [-0.3, -0.25) is 0 Å². The molecule has 0 atom stereocenters. The molecule has 1 heterocycles. The van der Waals surface area contributed by atoms with Crippen LogP contribution in [0.1, 0.15) is 0 Å². The van der Waals surface area contributed by atoms with Gasteiger partial charge in [-0.2, -0.15) is 4.31 Å². The van der Waals surface area contributed by atoms with Gasteiger partial charge in [0, 0.05) is 38.3 Å². The highest BCUT2D eigenvalue weighted by atomic mass is 32.2. The minimum atomic E-state index is -3.90. The summed E-state index contributed by atoms with van der Waals surface area (Å²) in [4.78, 5) is -0.412. The largest absolute Gasteiger partial charge is 0.493 e. The molecule has 1 N–H and O–H groups in total. The minimum absolute atomic E-state index is 0.150. The maximum atomic E-state index is 14.0. The molecule has 1 fully saturated rings. The first-order valence-electron chi connectivity index (χ1n) is 6.02. The summed E-state index contributed by atoms with van der Waals surface area (Å²) in [5, 5.41) is 2.98. The zero-order chi connectivity index (χ0) is 14.9. The molecular weight excluding hydrogens is 287 g/mol. The molecule has 1 aliphatic heterocycles. The van der Waals surface area contributed by atoms with Gasteiger partial charge >= 0.3 is 0 Å². The van der Waals surface area contributed by atoms with Crippen LogP contribution in [0.2, 0.25) is 0 Å². The predicted octanol–water partition coefficient (Wildman–Crippen LogP) is 0.435. The van der Waals surface area contributed by atoms with Crippen molar-refractivity contribution in [3.8, 4) is 11.5 Å². The number of likely N-dealkylation sites (N-methyl/N-ethyl adjacent to an activating group) is 1. The van der Waals surface area contributed by atoms with Crippen LogP contribution in [0.5, 0.6) is 11.5 Å². The molecule has 20 heavy (non-hydrogen) atoms. The minimum Gasteiger partial charge on any atom is -0.493 e. The van der Waals surface area contributed by atoms with Gasteiger partial charge in [-0.05, 0) is 0 Å². The SMILES string of the molecule is COc1cc(F)c(S(=O)(=O)N(C)C2CNC2)cc1OC. The lowest BCUT2D eigenvalue weighted by Crippen LogP contribution is -2.57. The molecule has 0 aliphatic carbocycles. The summed E-state index contributed by atoms with van der Waals surface area (Å²) in [7, 11) is 0.262. The van der Waals surface area contributed by atoms with Crippen molar-refractivity contribution in [1.82, 2.24) is 9.62 Å². The normalized spacial score (nSPS) is 16.1. The van der Waals surface area contributed by atoms with Gasteiger partial charge in [-0.1, -0.05) is 0 Å². The Balaban J connectivity index is 2.45. The molecule has 8 heteroatoms. The van der Waals surface area contributed by atoms with Crippen molar-refractivity contribution in [3.63, 3.8) is 0 Å². The van der Waals surface area contributed by atoms with Crippen molar-refractivity contribution in [2.75, 3.05) is 34.4 Å². The molecule has 0 saturated carbocycles. The number of ether oxygens (including phenoxy) is 2. The highest BCUT2D eigenvalue weighted by Gasteiger charge is 2.34. The van der Waals surface area contributed by atoms with Gasteiger partial charge in [0.15, 0.2) is 11.5 Å². The maximum absolute atomic E-state index is 14.0. The van der Waals surface area contributed by atoms with E-state index in [2.05, 4.69) is 5.32 Å². The summed E-state index contributed by atoms with van der Waals surface area (Å²) >= 11 is 0. The molecule has 1 saturated heterocycles. The van der Waals surface area contributed by atoms with Crippen molar-refractivity contribution >= 4 is 10.0 Å². The second-order valence-electron chi connectivity index (χ2n) is 4.47. The second kappa shape index (κ2) is 5.55. The molecule has 0 aromatic heterocycles. The van der Waals surface area contributed by atoms with Gasteiger partial charge in [0.1, 0.15) is 10.7 Å². The van der Waals surface area contributed by atoms with Crippen LogP contribution in [0.4, 0.5) is 4.39 Å². The topological polar surface area (TPSA) is 67.9 Å². The van der Waals surface area contributed by atoms with Crippen LogP contribution in [0.3, 0.4) is 0 Å². The lowest BCUT2D eigenvalue weighted by molar-refractivity contribution is 0.273. The van der Waals surface area contributed by atoms with Crippen LogP contribution in [0.15, 0.2) is 17.0 Å². The zero-order valence-corrected chi connectivity index (χ0v) is 12.3. The molecule has 0 radical (unpaired) electrons. The highest BCUT2D eigenvalue weighted by molar-refractivity contribution is 7.89. The Labute approximate surface area is 117 Å². The number of benzene rings is 1. The molecule has 0 amide bonds. The number of hydrogen-bond donors (Lipinski definition) is 1. The van der Waals surface area contributed by atoms with Crippen LogP contribution in [0, 0.1) is 5.82 Å². The van der Waals surface area contributed by atoms with Crippen molar-refractivity contribution in [3.05, 3.63) is 17.9 Å². The van der Waals surface area contributed by atoms with Crippen molar-refractivity contribution in [2.24, 2.45) is 0 Å². The summed E-state index contributed by atoms with van der Waals surface area (Å²) in [5.41, 5.74) is 0. The Morgan fingerprint density at radius 1 is 1.25 bits per heavy atom. The van der Waals surface area contributed by atoms with Crippen LogP contribution in [-0.2, 0) is 10.0 Å². The highest BCUT2D eigenvalue weighted by Crippen LogP contribution is 2.33. The number of sulfonamides is 1. The number of rotatable bonds is 5. The molecule has 1 aromatic carbocycles. The first-order chi connectivity index (χ1) is 9.41. The third-order valence-electron chi connectivity index (χ3n) is 3.37. The lowest BCUT2D eigenvalue weighted by Gasteiger charge is -2.34. The van der Waals surface area contributed by atoms with E-state index >= 15 is 0 Å². The standard InChI is InChI=1S/C12H17FN2O4S/c1-15(8-6-14-7-8)20(16,17)12-5-11(19-3)10(18-2)4-9(12)13/h4-5,8,14H,6-7H2,1-3H3. The smallest absolute Gasteiger partial charge is 0.246 e. The molecule has 1 aromatic rings.